The first kappa shape index (κ1) is 17.3. The molecule has 0 spiro atoms. The molecule has 0 bridgehead atoms. The topological polar surface area (TPSA) is 26.3 Å². The van der Waals surface area contributed by atoms with Crippen LogP contribution >= 0.6 is 0 Å². The van der Waals surface area contributed by atoms with Crippen LogP contribution in [0.5, 0.6) is 5.75 Å². The Balaban J connectivity index is 1.80. The molecule has 134 valence electrons. The van der Waals surface area contributed by atoms with E-state index in [1.165, 1.54) is 5.56 Å². The van der Waals surface area contributed by atoms with Crippen molar-refractivity contribution in [2.75, 3.05) is 0 Å². The molecule has 1 aliphatic heterocycles. The standard InChI is InChI=1S/C25H22O2/c1-17(2)19-14-12-18(13-15-19)16-22-24(26)21-10-6-7-11-23(21)27-25(22)20-8-4-3-5-9-20/h3-17,25H,1-2H3/b22-16+/t25-/m0/s1. The lowest BCUT2D eigenvalue weighted by atomic mass is 9.89. The molecule has 0 aromatic heterocycles. The summed E-state index contributed by atoms with van der Waals surface area (Å²) in [6, 6.07) is 25.7. The molecule has 3 aromatic rings. The number of carbonyl (C=O) groups excluding carboxylic acids is 1. The zero-order valence-electron chi connectivity index (χ0n) is 15.6. The van der Waals surface area contributed by atoms with Crippen molar-refractivity contribution >= 4 is 11.9 Å². The molecule has 0 aliphatic carbocycles. The smallest absolute Gasteiger partial charge is 0.196 e. The van der Waals surface area contributed by atoms with Crippen molar-refractivity contribution in [2.45, 2.75) is 25.9 Å². The van der Waals surface area contributed by atoms with E-state index in [0.717, 1.165) is 11.1 Å². The SMILES string of the molecule is CC(C)c1ccc(/C=C2\C(=O)c3ccccc3O[C@H]2c2ccccc2)cc1. The van der Waals surface area contributed by atoms with E-state index in [2.05, 4.69) is 38.1 Å². The highest BCUT2D eigenvalue weighted by Gasteiger charge is 2.32. The van der Waals surface area contributed by atoms with Gasteiger partial charge in [0.05, 0.1) is 5.56 Å². The third-order valence-corrected chi connectivity index (χ3v) is 4.95. The summed E-state index contributed by atoms with van der Waals surface area (Å²) in [5.41, 5.74) is 4.55. The van der Waals surface area contributed by atoms with Gasteiger partial charge in [-0.3, -0.25) is 4.79 Å². The summed E-state index contributed by atoms with van der Waals surface area (Å²) in [5, 5.41) is 0. The molecular formula is C25H22O2. The van der Waals surface area contributed by atoms with Crippen LogP contribution < -0.4 is 4.74 Å². The molecule has 1 heterocycles. The third-order valence-electron chi connectivity index (χ3n) is 4.95. The maximum atomic E-state index is 13.2. The Morgan fingerprint density at radius 3 is 2.22 bits per heavy atom. The van der Waals surface area contributed by atoms with Crippen LogP contribution in [-0.2, 0) is 0 Å². The lowest BCUT2D eigenvalue weighted by molar-refractivity contribution is 0.0963. The lowest BCUT2D eigenvalue weighted by Gasteiger charge is -2.28. The van der Waals surface area contributed by atoms with Gasteiger partial charge in [-0.15, -0.1) is 0 Å². The number of ether oxygens (including phenoxy) is 1. The predicted octanol–water partition coefficient (Wildman–Crippen LogP) is 6.21. The van der Waals surface area contributed by atoms with Gasteiger partial charge < -0.3 is 4.74 Å². The maximum Gasteiger partial charge on any atom is 0.196 e. The molecule has 0 fully saturated rings. The van der Waals surface area contributed by atoms with E-state index in [0.29, 0.717) is 22.8 Å². The van der Waals surface area contributed by atoms with E-state index in [9.17, 15) is 4.79 Å². The number of hydrogen-bond acceptors (Lipinski definition) is 2. The zero-order valence-corrected chi connectivity index (χ0v) is 15.6. The van der Waals surface area contributed by atoms with Crippen molar-refractivity contribution in [1.82, 2.24) is 0 Å². The van der Waals surface area contributed by atoms with Gasteiger partial charge in [-0.2, -0.15) is 0 Å². The fourth-order valence-electron chi connectivity index (χ4n) is 3.40. The number of carbonyl (C=O) groups is 1. The minimum atomic E-state index is -0.404. The van der Waals surface area contributed by atoms with Crippen molar-refractivity contribution in [1.29, 1.82) is 0 Å². The van der Waals surface area contributed by atoms with E-state index in [1.54, 1.807) is 0 Å². The lowest BCUT2D eigenvalue weighted by Crippen LogP contribution is -2.23. The average molecular weight is 354 g/mol. The van der Waals surface area contributed by atoms with Gasteiger partial charge in [-0.1, -0.05) is 80.6 Å². The van der Waals surface area contributed by atoms with Crippen LogP contribution in [-0.4, -0.2) is 5.78 Å². The Morgan fingerprint density at radius 1 is 0.852 bits per heavy atom. The normalized spacial score (nSPS) is 17.7. The molecule has 0 amide bonds. The summed E-state index contributed by atoms with van der Waals surface area (Å²) in [4.78, 5) is 13.2. The second-order valence-corrected chi connectivity index (χ2v) is 7.15. The first-order valence-electron chi connectivity index (χ1n) is 9.30. The number of hydrogen-bond donors (Lipinski definition) is 0. The van der Waals surface area contributed by atoms with Crippen molar-refractivity contribution in [3.8, 4) is 5.75 Å². The summed E-state index contributed by atoms with van der Waals surface area (Å²) in [5.74, 6) is 1.15. The van der Waals surface area contributed by atoms with Crippen molar-refractivity contribution in [3.63, 3.8) is 0 Å². The van der Waals surface area contributed by atoms with E-state index < -0.39 is 6.10 Å². The van der Waals surface area contributed by atoms with Crippen molar-refractivity contribution < 1.29 is 9.53 Å². The van der Waals surface area contributed by atoms with Crippen LogP contribution in [0.4, 0.5) is 0 Å². The molecule has 0 unspecified atom stereocenters. The summed E-state index contributed by atoms with van der Waals surface area (Å²) >= 11 is 0. The van der Waals surface area contributed by atoms with Crippen LogP contribution in [0.15, 0.2) is 84.4 Å². The quantitative estimate of drug-likeness (QED) is 0.523. The molecule has 1 aliphatic rings. The summed E-state index contributed by atoms with van der Waals surface area (Å²) < 4.78 is 6.25. The predicted molar refractivity (Wildman–Crippen MR) is 109 cm³/mol. The fourth-order valence-corrected chi connectivity index (χ4v) is 3.40. The van der Waals surface area contributed by atoms with E-state index in [1.807, 2.05) is 60.7 Å². The van der Waals surface area contributed by atoms with Crippen LogP contribution in [0.1, 0.15) is 52.9 Å². The number of Topliss-reactive ketones (excluding diaryl/α,β-unsaturated/α-hetero) is 1. The van der Waals surface area contributed by atoms with Crippen molar-refractivity contribution in [3.05, 3.63) is 107 Å². The highest BCUT2D eigenvalue weighted by Crippen LogP contribution is 2.39. The van der Waals surface area contributed by atoms with Gasteiger partial charge in [-0.05, 0) is 40.8 Å². The summed E-state index contributed by atoms with van der Waals surface area (Å²) in [7, 11) is 0. The number of benzene rings is 3. The Morgan fingerprint density at radius 2 is 1.52 bits per heavy atom. The number of ketones is 1. The number of fused-ring (bicyclic) bond motifs is 1. The Labute approximate surface area is 160 Å². The molecule has 0 radical (unpaired) electrons. The third kappa shape index (κ3) is 3.43. The molecule has 2 nitrogen and oxygen atoms in total. The molecule has 0 saturated carbocycles. The Bertz CT molecular complexity index is 982. The van der Waals surface area contributed by atoms with Gasteiger partial charge >= 0.3 is 0 Å². The van der Waals surface area contributed by atoms with Crippen LogP contribution in [0.3, 0.4) is 0 Å². The number of para-hydroxylation sites is 1. The van der Waals surface area contributed by atoms with Crippen molar-refractivity contribution in [2.24, 2.45) is 0 Å². The van der Waals surface area contributed by atoms with Crippen LogP contribution in [0.2, 0.25) is 0 Å². The number of rotatable bonds is 3. The van der Waals surface area contributed by atoms with E-state index in [-0.39, 0.29) is 5.78 Å². The van der Waals surface area contributed by atoms with Gasteiger partial charge in [0.15, 0.2) is 11.9 Å². The maximum absolute atomic E-state index is 13.2. The molecule has 1 atom stereocenters. The van der Waals surface area contributed by atoms with Gasteiger partial charge in [0, 0.05) is 5.57 Å². The minimum absolute atomic E-state index is 0.0265. The molecule has 3 aromatic carbocycles. The molecule has 27 heavy (non-hydrogen) atoms. The van der Waals surface area contributed by atoms with Crippen LogP contribution in [0.25, 0.3) is 6.08 Å². The van der Waals surface area contributed by atoms with Gasteiger partial charge in [0.25, 0.3) is 0 Å². The Kier molecular flexibility index (Phi) is 4.64. The first-order valence-corrected chi connectivity index (χ1v) is 9.30. The monoisotopic (exact) mass is 354 g/mol. The van der Waals surface area contributed by atoms with Gasteiger partial charge in [0.1, 0.15) is 5.75 Å². The summed E-state index contributed by atoms with van der Waals surface area (Å²) in [6.07, 6.45) is 1.55. The van der Waals surface area contributed by atoms with E-state index >= 15 is 0 Å². The minimum Gasteiger partial charge on any atom is -0.480 e. The Hall–Kier alpha value is -3.13. The fraction of sp³-hybridized carbons (Fsp3) is 0.160. The highest BCUT2D eigenvalue weighted by atomic mass is 16.5. The largest absolute Gasteiger partial charge is 0.480 e. The molecule has 2 heteroatoms. The second-order valence-electron chi connectivity index (χ2n) is 7.15. The summed E-state index contributed by atoms with van der Waals surface area (Å²) in [6.45, 7) is 4.35. The second kappa shape index (κ2) is 7.24. The van der Waals surface area contributed by atoms with Gasteiger partial charge in [0.2, 0.25) is 0 Å². The van der Waals surface area contributed by atoms with Crippen LogP contribution in [0, 0.1) is 0 Å². The average Bonchev–Trinajstić information content (AvgIpc) is 2.71. The van der Waals surface area contributed by atoms with Gasteiger partial charge in [-0.25, -0.2) is 0 Å². The highest BCUT2D eigenvalue weighted by molar-refractivity contribution is 6.14. The molecular weight excluding hydrogens is 332 g/mol. The molecule has 0 saturated heterocycles. The molecule has 0 N–H and O–H groups in total. The first-order chi connectivity index (χ1) is 13.1. The zero-order chi connectivity index (χ0) is 18.8. The van der Waals surface area contributed by atoms with E-state index in [4.69, 9.17) is 4.74 Å². The molecule has 4 rings (SSSR count).